The molecule has 1 unspecified atom stereocenters. The van der Waals surface area contributed by atoms with E-state index in [-0.39, 0.29) is 17.5 Å². The van der Waals surface area contributed by atoms with Gasteiger partial charge in [0.2, 0.25) is 5.88 Å². The molecule has 2 aromatic rings. The molecule has 120 valence electrons. The Kier molecular flexibility index (Phi) is 4.76. The van der Waals surface area contributed by atoms with Crippen LogP contribution in [-0.4, -0.2) is 28.5 Å². The van der Waals surface area contributed by atoms with Crippen molar-refractivity contribution in [2.75, 3.05) is 16.8 Å². The molecular formula is C16H14F2N2O2S. The van der Waals surface area contributed by atoms with Crippen molar-refractivity contribution in [3.05, 3.63) is 53.7 Å². The number of aromatic nitrogens is 1. The maximum atomic E-state index is 13.7. The van der Waals surface area contributed by atoms with Crippen LogP contribution in [0.4, 0.5) is 14.5 Å². The fourth-order valence-corrected chi connectivity index (χ4v) is 3.31. The van der Waals surface area contributed by atoms with Crippen LogP contribution < -0.4 is 10.1 Å². The largest absolute Gasteiger partial charge is 0.473 e. The first-order valence-corrected chi connectivity index (χ1v) is 8.25. The van der Waals surface area contributed by atoms with Crippen LogP contribution in [0.3, 0.4) is 0 Å². The molecule has 1 amide bonds. The van der Waals surface area contributed by atoms with Crippen molar-refractivity contribution in [3.8, 4) is 5.88 Å². The highest BCUT2D eigenvalue weighted by atomic mass is 32.2. The van der Waals surface area contributed by atoms with Gasteiger partial charge in [0, 0.05) is 11.9 Å². The lowest BCUT2D eigenvalue weighted by molar-refractivity contribution is 0.101. The van der Waals surface area contributed by atoms with Crippen LogP contribution in [-0.2, 0) is 0 Å². The van der Waals surface area contributed by atoms with E-state index in [1.807, 2.05) is 0 Å². The number of nitrogens with one attached hydrogen (secondary N) is 1. The van der Waals surface area contributed by atoms with E-state index in [0.717, 1.165) is 30.1 Å². The molecule has 4 nitrogen and oxygen atoms in total. The summed E-state index contributed by atoms with van der Waals surface area (Å²) in [4.78, 5) is 16.4. The Bertz CT molecular complexity index is 701. The van der Waals surface area contributed by atoms with Crippen LogP contribution >= 0.6 is 11.8 Å². The number of nitrogens with zero attached hydrogens (tertiary/aromatic N) is 1. The van der Waals surface area contributed by atoms with Crippen LogP contribution in [0.2, 0.25) is 0 Å². The van der Waals surface area contributed by atoms with E-state index >= 15 is 0 Å². The molecule has 0 radical (unpaired) electrons. The molecule has 1 aliphatic heterocycles. The standard InChI is InChI=1S/C16H14F2N2O2S/c17-12-4-1-5-13(18)14(12)20-15(21)11-3-2-7-19-16(11)22-10-6-8-23-9-10/h1-5,7,10H,6,8-9H2,(H,20,21). The second kappa shape index (κ2) is 6.95. The monoisotopic (exact) mass is 336 g/mol. The maximum Gasteiger partial charge on any atom is 0.261 e. The number of pyridine rings is 1. The number of thioether (sulfide) groups is 1. The molecule has 7 heteroatoms. The number of para-hydroxylation sites is 1. The highest BCUT2D eigenvalue weighted by Gasteiger charge is 2.22. The number of benzene rings is 1. The smallest absolute Gasteiger partial charge is 0.261 e. The summed E-state index contributed by atoms with van der Waals surface area (Å²) in [7, 11) is 0. The molecule has 1 atom stereocenters. The molecule has 1 aliphatic rings. The van der Waals surface area contributed by atoms with Gasteiger partial charge < -0.3 is 10.1 Å². The summed E-state index contributed by atoms with van der Waals surface area (Å²) in [6, 6.07) is 6.47. The molecule has 0 spiro atoms. The van der Waals surface area contributed by atoms with Crippen molar-refractivity contribution in [1.82, 2.24) is 4.98 Å². The first-order valence-electron chi connectivity index (χ1n) is 7.10. The highest BCUT2D eigenvalue weighted by molar-refractivity contribution is 7.99. The average molecular weight is 336 g/mol. The van der Waals surface area contributed by atoms with Gasteiger partial charge in [0.25, 0.3) is 5.91 Å². The lowest BCUT2D eigenvalue weighted by Gasteiger charge is -2.15. The van der Waals surface area contributed by atoms with Crippen LogP contribution in [0.15, 0.2) is 36.5 Å². The summed E-state index contributed by atoms with van der Waals surface area (Å²) in [5.74, 6) is -0.329. The number of halogens is 2. The SMILES string of the molecule is O=C(Nc1c(F)cccc1F)c1cccnc1OC1CCSC1. The molecule has 1 aromatic carbocycles. The van der Waals surface area contributed by atoms with Crippen LogP contribution in [0.5, 0.6) is 5.88 Å². The number of carbonyl (C=O) groups excluding carboxylic acids is 1. The summed E-state index contributed by atoms with van der Waals surface area (Å²) < 4.78 is 33.0. The third-order valence-electron chi connectivity index (χ3n) is 3.38. The third kappa shape index (κ3) is 3.61. The van der Waals surface area contributed by atoms with E-state index in [4.69, 9.17) is 4.74 Å². The van der Waals surface area contributed by atoms with E-state index in [1.54, 1.807) is 17.8 Å². The number of ether oxygens (including phenoxy) is 1. The van der Waals surface area contributed by atoms with E-state index in [1.165, 1.54) is 18.3 Å². The number of anilines is 1. The molecule has 1 fully saturated rings. The minimum absolute atomic E-state index is 0.00773. The summed E-state index contributed by atoms with van der Waals surface area (Å²) in [6.07, 6.45) is 2.38. The van der Waals surface area contributed by atoms with Crippen LogP contribution in [0, 0.1) is 11.6 Å². The van der Waals surface area contributed by atoms with Crippen LogP contribution in [0.25, 0.3) is 0 Å². The van der Waals surface area contributed by atoms with E-state index in [9.17, 15) is 13.6 Å². The minimum Gasteiger partial charge on any atom is -0.473 e. The number of hydrogen-bond donors (Lipinski definition) is 1. The van der Waals surface area contributed by atoms with Gasteiger partial charge in [-0.2, -0.15) is 11.8 Å². The Morgan fingerprint density at radius 3 is 2.74 bits per heavy atom. The Labute approximate surface area is 136 Å². The zero-order chi connectivity index (χ0) is 16.2. The zero-order valence-corrected chi connectivity index (χ0v) is 12.9. The number of carbonyl (C=O) groups is 1. The van der Waals surface area contributed by atoms with Crippen molar-refractivity contribution < 1.29 is 18.3 Å². The van der Waals surface area contributed by atoms with Crippen molar-refractivity contribution in [2.45, 2.75) is 12.5 Å². The quantitative estimate of drug-likeness (QED) is 0.928. The van der Waals surface area contributed by atoms with E-state index in [2.05, 4.69) is 10.3 Å². The van der Waals surface area contributed by atoms with Gasteiger partial charge in [0.05, 0.1) is 0 Å². The Hall–Kier alpha value is -2.15. The van der Waals surface area contributed by atoms with Crippen molar-refractivity contribution in [1.29, 1.82) is 0 Å². The lowest BCUT2D eigenvalue weighted by atomic mass is 10.2. The van der Waals surface area contributed by atoms with Crippen molar-refractivity contribution in [3.63, 3.8) is 0 Å². The fourth-order valence-electron chi connectivity index (χ4n) is 2.22. The maximum absolute atomic E-state index is 13.7. The number of hydrogen-bond acceptors (Lipinski definition) is 4. The molecule has 0 aliphatic carbocycles. The highest BCUT2D eigenvalue weighted by Crippen LogP contribution is 2.25. The molecule has 3 rings (SSSR count). The molecular weight excluding hydrogens is 322 g/mol. The predicted octanol–water partition coefficient (Wildman–Crippen LogP) is 3.50. The second-order valence-corrected chi connectivity index (χ2v) is 6.16. The normalized spacial score (nSPS) is 17.0. The molecule has 0 bridgehead atoms. The molecule has 1 aromatic heterocycles. The van der Waals surface area contributed by atoms with Gasteiger partial charge in [-0.15, -0.1) is 0 Å². The first kappa shape index (κ1) is 15.7. The fraction of sp³-hybridized carbons (Fsp3) is 0.250. The van der Waals surface area contributed by atoms with Gasteiger partial charge in [0.15, 0.2) is 0 Å². The summed E-state index contributed by atoms with van der Waals surface area (Å²) in [6.45, 7) is 0. The van der Waals surface area contributed by atoms with E-state index < -0.39 is 23.2 Å². The van der Waals surface area contributed by atoms with Gasteiger partial charge in [-0.3, -0.25) is 4.79 Å². The van der Waals surface area contributed by atoms with Crippen LogP contribution in [0.1, 0.15) is 16.8 Å². The first-order chi connectivity index (χ1) is 11.1. The Morgan fingerprint density at radius 2 is 2.04 bits per heavy atom. The van der Waals surface area contributed by atoms with Gasteiger partial charge in [-0.1, -0.05) is 6.07 Å². The molecule has 0 saturated carbocycles. The third-order valence-corrected chi connectivity index (χ3v) is 4.52. The summed E-state index contributed by atoms with van der Waals surface area (Å²) in [5.41, 5.74) is -0.337. The summed E-state index contributed by atoms with van der Waals surface area (Å²) in [5, 5.41) is 2.25. The van der Waals surface area contributed by atoms with Gasteiger partial charge in [0.1, 0.15) is 29.0 Å². The summed E-state index contributed by atoms with van der Waals surface area (Å²) >= 11 is 1.77. The number of amides is 1. The molecule has 2 heterocycles. The predicted molar refractivity (Wildman–Crippen MR) is 84.9 cm³/mol. The van der Waals surface area contributed by atoms with Crippen molar-refractivity contribution >= 4 is 23.4 Å². The molecule has 23 heavy (non-hydrogen) atoms. The molecule has 1 saturated heterocycles. The van der Waals surface area contributed by atoms with Crippen molar-refractivity contribution in [2.24, 2.45) is 0 Å². The Balaban J connectivity index is 1.82. The van der Waals surface area contributed by atoms with Gasteiger partial charge in [-0.05, 0) is 36.4 Å². The van der Waals surface area contributed by atoms with E-state index in [0.29, 0.717) is 0 Å². The minimum atomic E-state index is -0.836. The topological polar surface area (TPSA) is 51.2 Å². The second-order valence-electron chi connectivity index (χ2n) is 5.01. The average Bonchev–Trinajstić information content (AvgIpc) is 3.04. The van der Waals surface area contributed by atoms with Gasteiger partial charge >= 0.3 is 0 Å². The number of rotatable bonds is 4. The Morgan fingerprint density at radius 1 is 1.26 bits per heavy atom. The molecule has 1 N–H and O–H groups in total. The lowest BCUT2D eigenvalue weighted by Crippen LogP contribution is -2.20. The zero-order valence-electron chi connectivity index (χ0n) is 12.1. The van der Waals surface area contributed by atoms with Gasteiger partial charge in [-0.25, -0.2) is 13.8 Å².